The summed E-state index contributed by atoms with van der Waals surface area (Å²) in [4.78, 5) is 23.3. The SMILES string of the molecule is CCNC(=NCCN1CCCCC1C)N(C)CC(=O)N(CC)CC.I. The number of aliphatic imine (C=N–C) groups is 1. The zero-order valence-electron chi connectivity index (χ0n) is 16.8. The zero-order valence-corrected chi connectivity index (χ0v) is 19.1. The highest BCUT2D eigenvalue weighted by Crippen LogP contribution is 2.15. The Kier molecular flexibility index (Phi) is 13.3. The van der Waals surface area contributed by atoms with Crippen LogP contribution >= 0.6 is 24.0 Å². The summed E-state index contributed by atoms with van der Waals surface area (Å²) < 4.78 is 0. The second kappa shape index (κ2) is 13.6. The van der Waals surface area contributed by atoms with E-state index < -0.39 is 0 Å². The molecule has 0 aromatic heterocycles. The molecule has 148 valence electrons. The molecule has 0 aromatic carbocycles. The van der Waals surface area contributed by atoms with Gasteiger partial charge in [-0.3, -0.25) is 14.7 Å². The predicted octanol–water partition coefficient (Wildman–Crippen LogP) is 2.24. The summed E-state index contributed by atoms with van der Waals surface area (Å²) in [6.45, 7) is 14.0. The molecule has 7 heteroatoms. The average molecular weight is 467 g/mol. The summed E-state index contributed by atoms with van der Waals surface area (Å²) in [5.74, 6) is 0.973. The molecule has 1 heterocycles. The highest BCUT2D eigenvalue weighted by Gasteiger charge is 2.18. The van der Waals surface area contributed by atoms with Gasteiger partial charge in [0.15, 0.2) is 5.96 Å². The van der Waals surface area contributed by atoms with Crippen LogP contribution in [0.3, 0.4) is 0 Å². The van der Waals surface area contributed by atoms with Gasteiger partial charge in [-0.25, -0.2) is 0 Å². The fourth-order valence-corrected chi connectivity index (χ4v) is 3.20. The van der Waals surface area contributed by atoms with Crippen molar-refractivity contribution in [2.75, 3.05) is 52.9 Å². The Bertz CT molecular complexity index is 401. The molecule has 6 nitrogen and oxygen atoms in total. The molecule has 1 aliphatic heterocycles. The molecule has 0 radical (unpaired) electrons. The maximum Gasteiger partial charge on any atom is 0.242 e. The number of guanidine groups is 1. The Morgan fingerprint density at radius 1 is 1.24 bits per heavy atom. The van der Waals surface area contributed by atoms with Gasteiger partial charge in [0.05, 0.1) is 13.1 Å². The van der Waals surface area contributed by atoms with Crippen LogP contribution in [0.25, 0.3) is 0 Å². The highest BCUT2D eigenvalue weighted by atomic mass is 127. The van der Waals surface area contributed by atoms with Crippen molar-refractivity contribution in [1.82, 2.24) is 20.0 Å². The Labute approximate surface area is 171 Å². The van der Waals surface area contributed by atoms with Crippen LogP contribution < -0.4 is 5.32 Å². The van der Waals surface area contributed by atoms with E-state index in [-0.39, 0.29) is 29.9 Å². The third-order valence-electron chi connectivity index (χ3n) is 4.77. The number of nitrogens with one attached hydrogen (secondary N) is 1. The number of carbonyl (C=O) groups excluding carboxylic acids is 1. The van der Waals surface area contributed by atoms with Crippen LogP contribution in [0, 0.1) is 0 Å². The number of halogens is 1. The van der Waals surface area contributed by atoms with Crippen LogP contribution in [0.4, 0.5) is 0 Å². The van der Waals surface area contributed by atoms with E-state index in [9.17, 15) is 4.79 Å². The molecule has 0 aliphatic carbocycles. The van der Waals surface area contributed by atoms with Crippen molar-refractivity contribution in [3.8, 4) is 0 Å². The number of hydrogen-bond donors (Lipinski definition) is 1. The molecule has 0 saturated carbocycles. The maximum absolute atomic E-state index is 12.3. The number of piperidine rings is 1. The predicted molar refractivity (Wildman–Crippen MR) is 117 cm³/mol. The first-order valence-corrected chi connectivity index (χ1v) is 9.54. The number of nitrogens with zero attached hydrogens (tertiary/aromatic N) is 4. The van der Waals surface area contributed by atoms with Gasteiger partial charge in [-0.05, 0) is 47.1 Å². The lowest BCUT2D eigenvalue weighted by Gasteiger charge is -2.33. The molecule has 1 aliphatic rings. The first-order valence-electron chi connectivity index (χ1n) is 9.54. The highest BCUT2D eigenvalue weighted by molar-refractivity contribution is 14.0. The van der Waals surface area contributed by atoms with Crippen LogP contribution in [0.15, 0.2) is 4.99 Å². The fraction of sp³-hybridized carbons (Fsp3) is 0.889. The van der Waals surface area contributed by atoms with E-state index in [0.29, 0.717) is 12.6 Å². The molecular weight excluding hydrogens is 429 g/mol. The molecule has 1 rings (SSSR count). The molecule has 0 bridgehead atoms. The number of likely N-dealkylation sites (tertiary alicyclic amines) is 1. The molecule has 1 atom stereocenters. The van der Waals surface area contributed by atoms with E-state index in [2.05, 4.69) is 24.1 Å². The van der Waals surface area contributed by atoms with Crippen LogP contribution in [0.5, 0.6) is 0 Å². The average Bonchev–Trinajstić information content (AvgIpc) is 2.56. The number of carbonyl (C=O) groups is 1. The first-order chi connectivity index (χ1) is 11.5. The Morgan fingerprint density at radius 2 is 1.92 bits per heavy atom. The molecule has 1 N–H and O–H groups in total. The third kappa shape index (κ3) is 8.57. The minimum Gasteiger partial charge on any atom is -0.357 e. The lowest BCUT2D eigenvalue weighted by molar-refractivity contribution is -0.131. The van der Waals surface area contributed by atoms with Gasteiger partial charge in [0.2, 0.25) is 5.91 Å². The van der Waals surface area contributed by atoms with Crippen molar-refractivity contribution in [1.29, 1.82) is 0 Å². The van der Waals surface area contributed by atoms with Crippen LogP contribution in [-0.2, 0) is 4.79 Å². The Balaban J connectivity index is 0.00000576. The summed E-state index contributed by atoms with van der Waals surface area (Å²) in [7, 11) is 1.94. The summed E-state index contributed by atoms with van der Waals surface area (Å²) in [5, 5.41) is 3.30. The second-order valence-corrected chi connectivity index (χ2v) is 6.54. The topological polar surface area (TPSA) is 51.2 Å². The Morgan fingerprint density at radius 3 is 2.48 bits per heavy atom. The van der Waals surface area contributed by atoms with Gasteiger partial charge in [-0.1, -0.05) is 6.42 Å². The van der Waals surface area contributed by atoms with Gasteiger partial charge in [0.25, 0.3) is 0 Å². The largest absolute Gasteiger partial charge is 0.357 e. The quantitative estimate of drug-likeness (QED) is 0.338. The Hall–Kier alpha value is -0.570. The molecule has 1 amide bonds. The maximum atomic E-state index is 12.3. The smallest absolute Gasteiger partial charge is 0.242 e. The van der Waals surface area contributed by atoms with Crippen molar-refractivity contribution in [2.45, 2.75) is 53.0 Å². The van der Waals surface area contributed by atoms with Crippen LogP contribution in [0.2, 0.25) is 0 Å². The van der Waals surface area contributed by atoms with E-state index in [0.717, 1.165) is 38.7 Å². The van der Waals surface area contributed by atoms with Gasteiger partial charge >= 0.3 is 0 Å². The van der Waals surface area contributed by atoms with E-state index >= 15 is 0 Å². The zero-order chi connectivity index (χ0) is 17.9. The number of amides is 1. The van der Waals surface area contributed by atoms with Gasteiger partial charge in [-0.15, -0.1) is 24.0 Å². The minimum absolute atomic E-state index is 0. The molecule has 0 aromatic rings. The summed E-state index contributed by atoms with van der Waals surface area (Å²) in [5.41, 5.74) is 0. The molecule has 1 fully saturated rings. The number of likely N-dealkylation sites (N-methyl/N-ethyl adjacent to an activating group) is 2. The first kappa shape index (κ1) is 24.4. The van der Waals surface area contributed by atoms with Crippen molar-refractivity contribution >= 4 is 35.8 Å². The molecule has 1 saturated heterocycles. The molecule has 1 unspecified atom stereocenters. The van der Waals surface area contributed by atoms with Crippen molar-refractivity contribution in [2.24, 2.45) is 4.99 Å². The summed E-state index contributed by atoms with van der Waals surface area (Å²) >= 11 is 0. The van der Waals surface area contributed by atoms with Crippen molar-refractivity contribution in [3.63, 3.8) is 0 Å². The molecule has 25 heavy (non-hydrogen) atoms. The van der Waals surface area contributed by atoms with Crippen molar-refractivity contribution in [3.05, 3.63) is 0 Å². The summed E-state index contributed by atoms with van der Waals surface area (Å²) in [6, 6.07) is 0.665. The second-order valence-electron chi connectivity index (χ2n) is 6.54. The standard InChI is InChI=1S/C18H37N5O.HI/c1-6-19-18(21(5)15-17(24)22(7-2)8-3)20-12-14-23-13-10-9-11-16(23)4;/h16H,6-15H2,1-5H3,(H,19,20);1H. The van der Waals surface area contributed by atoms with Crippen LogP contribution in [0.1, 0.15) is 47.0 Å². The van der Waals surface area contributed by atoms with Crippen molar-refractivity contribution < 1.29 is 4.79 Å². The van der Waals surface area contributed by atoms with E-state index in [1.807, 2.05) is 30.7 Å². The lowest BCUT2D eigenvalue weighted by atomic mass is 10.0. The van der Waals surface area contributed by atoms with Crippen LogP contribution in [-0.4, -0.2) is 85.5 Å². The third-order valence-corrected chi connectivity index (χ3v) is 4.77. The lowest BCUT2D eigenvalue weighted by Crippen LogP contribution is -2.46. The van der Waals surface area contributed by atoms with Gasteiger partial charge in [0, 0.05) is 39.3 Å². The normalized spacial score (nSPS) is 18.4. The van der Waals surface area contributed by atoms with E-state index in [1.165, 1.54) is 25.8 Å². The van der Waals surface area contributed by atoms with Gasteiger partial charge in [-0.2, -0.15) is 0 Å². The van der Waals surface area contributed by atoms with Gasteiger partial charge < -0.3 is 15.1 Å². The van der Waals surface area contributed by atoms with E-state index in [1.54, 1.807) is 0 Å². The minimum atomic E-state index is 0. The van der Waals surface area contributed by atoms with E-state index in [4.69, 9.17) is 4.99 Å². The number of hydrogen-bond acceptors (Lipinski definition) is 3. The number of rotatable bonds is 8. The fourth-order valence-electron chi connectivity index (χ4n) is 3.20. The molecule has 0 spiro atoms. The monoisotopic (exact) mass is 467 g/mol. The summed E-state index contributed by atoms with van der Waals surface area (Å²) in [6.07, 6.45) is 3.94. The molecular formula is C18H38IN5O. The van der Waals surface area contributed by atoms with Gasteiger partial charge in [0.1, 0.15) is 0 Å².